The van der Waals surface area contributed by atoms with E-state index in [4.69, 9.17) is 10.8 Å². The van der Waals surface area contributed by atoms with Gasteiger partial charge < -0.3 is 16.0 Å². The van der Waals surface area contributed by atoms with E-state index in [1.54, 1.807) is 23.7 Å². The summed E-state index contributed by atoms with van der Waals surface area (Å²) in [6.45, 7) is 4.51. The van der Waals surface area contributed by atoms with Gasteiger partial charge in [0.05, 0.1) is 11.4 Å². The molecule has 2 aromatic carbocycles. The van der Waals surface area contributed by atoms with Crippen LogP contribution in [0.1, 0.15) is 23.1 Å². The molecule has 3 amide bonds. The van der Waals surface area contributed by atoms with Crippen molar-refractivity contribution in [2.24, 2.45) is 5.73 Å². The van der Waals surface area contributed by atoms with E-state index in [1.807, 2.05) is 47.5 Å². The van der Waals surface area contributed by atoms with E-state index in [-0.39, 0.29) is 5.91 Å². The number of thioether (sulfide) groups is 1. The predicted molar refractivity (Wildman–Crippen MR) is 134 cm³/mol. The number of amides is 3. The molecule has 0 aliphatic heterocycles. The van der Waals surface area contributed by atoms with Gasteiger partial charge in [-0.05, 0) is 61.6 Å². The Morgan fingerprint density at radius 1 is 1.15 bits per heavy atom. The van der Waals surface area contributed by atoms with Gasteiger partial charge in [0, 0.05) is 30.9 Å². The van der Waals surface area contributed by atoms with E-state index in [0.717, 1.165) is 28.3 Å². The van der Waals surface area contributed by atoms with E-state index in [2.05, 4.69) is 37.4 Å². The molecule has 1 aromatic heterocycles. The summed E-state index contributed by atoms with van der Waals surface area (Å²) in [5, 5.41) is 7.45. The largest absolute Gasteiger partial charge is 0.352 e. The molecule has 0 saturated carbocycles. The first-order valence-electron chi connectivity index (χ1n) is 10.8. The molecule has 3 aromatic rings. The molecule has 0 bridgehead atoms. The van der Waals surface area contributed by atoms with Crippen LogP contribution < -0.4 is 11.1 Å². The molecule has 1 heterocycles. The second-order valence-corrected chi connectivity index (χ2v) is 9.10. The number of likely N-dealkylation sites (N-methyl/N-ethyl adjacent to an activating group) is 1. The molecule has 0 unspecified atom stereocenters. The zero-order valence-electron chi connectivity index (χ0n) is 19.5. The number of aromatic nitrogens is 2. The first kappa shape index (κ1) is 24.4. The standard InChI is InChI=1S/C25H31N5O2S/c1-17-10-11-19(14-18(17)2)23-20(16-30(28-23)21-8-6-5-7-9-21)15-29(3)24(31)22(12-13-33-4)27-25(26)32/h5-11,14,16,22H,12-13,15H2,1-4H3,(H3,26,27,32)/t22-/m1/s1. The van der Waals surface area contributed by atoms with Gasteiger partial charge in [-0.1, -0.05) is 30.3 Å². The molecule has 0 aliphatic carbocycles. The van der Waals surface area contributed by atoms with Crippen LogP contribution in [0.4, 0.5) is 4.79 Å². The summed E-state index contributed by atoms with van der Waals surface area (Å²) in [6, 6.07) is 14.8. The van der Waals surface area contributed by atoms with Gasteiger partial charge >= 0.3 is 6.03 Å². The smallest absolute Gasteiger partial charge is 0.312 e. The number of para-hydroxylation sites is 1. The van der Waals surface area contributed by atoms with Gasteiger partial charge in [-0.25, -0.2) is 9.48 Å². The van der Waals surface area contributed by atoms with Gasteiger partial charge in [-0.15, -0.1) is 0 Å². The molecule has 3 rings (SSSR count). The number of primary amides is 1. The van der Waals surface area contributed by atoms with Crippen molar-refractivity contribution in [2.75, 3.05) is 19.1 Å². The van der Waals surface area contributed by atoms with Crippen LogP contribution >= 0.6 is 11.8 Å². The van der Waals surface area contributed by atoms with Crippen molar-refractivity contribution in [1.29, 1.82) is 0 Å². The summed E-state index contributed by atoms with van der Waals surface area (Å²) in [4.78, 5) is 26.2. The van der Waals surface area contributed by atoms with E-state index in [0.29, 0.717) is 13.0 Å². The molecule has 0 fully saturated rings. The van der Waals surface area contributed by atoms with E-state index >= 15 is 0 Å². The quantitative estimate of drug-likeness (QED) is 0.501. The lowest BCUT2D eigenvalue weighted by atomic mass is 10.0. The van der Waals surface area contributed by atoms with Crippen LogP contribution in [0, 0.1) is 13.8 Å². The van der Waals surface area contributed by atoms with Crippen molar-refractivity contribution >= 4 is 23.7 Å². The van der Waals surface area contributed by atoms with Crippen molar-refractivity contribution in [3.8, 4) is 16.9 Å². The summed E-state index contributed by atoms with van der Waals surface area (Å²) in [7, 11) is 1.74. The molecule has 33 heavy (non-hydrogen) atoms. The number of carbonyl (C=O) groups is 2. The van der Waals surface area contributed by atoms with Gasteiger partial charge in [0.15, 0.2) is 0 Å². The Morgan fingerprint density at radius 3 is 2.52 bits per heavy atom. The molecule has 7 nitrogen and oxygen atoms in total. The Hall–Kier alpha value is -3.26. The minimum absolute atomic E-state index is 0.179. The number of urea groups is 1. The second-order valence-electron chi connectivity index (χ2n) is 8.12. The first-order chi connectivity index (χ1) is 15.8. The molecule has 0 saturated heterocycles. The number of hydrogen-bond acceptors (Lipinski definition) is 4. The number of benzene rings is 2. The SMILES string of the molecule is CSCC[C@@H](NC(N)=O)C(=O)N(C)Cc1cn(-c2ccccc2)nc1-c1ccc(C)c(C)c1. The van der Waals surface area contributed by atoms with Crippen LogP contribution in [-0.2, 0) is 11.3 Å². The number of aryl methyl sites for hydroxylation is 2. The van der Waals surface area contributed by atoms with Crippen LogP contribution in [-0.4, -0.2) is 51.7 Å². The third-order valence-corrected chi connectivity index (χ3v) is 6.24. The highest BCUT2D eigenvalue weighted by Crippen LogP contribution is 2.27. The number of carbonyl (C=O) groups excluding carboxylic acids is 2. The Labute approximate surface area is 199 Å². The number of hydrogen-bond donors (Lipinski definition) is 2. The number of rotatable bonds is 9. The molecular formula is C25H31N5O2S. The summed E-state index contributed by atoms with van der Waals surface area (Å²) in [5.41, 5.74) is 11.4. The minimum atomic E-state index is -0.699. The highest BCUT2D eigenvalue weighted by Gasteiger charge is 2.24. The lowest BCUT2D eigenvalue weighted by Gasteiger charge is -2.24. The molecule has 0 spiro atoms. The van der Waals surface area contributed by atoms with Gasteiger partial charge in [0.2, 0.25) is 5.91 Å². The highest BCUT2D eigenvalue weighted by atomic mass is 32.2. The number of nitrogens with two attached hydrogens (primary N) is 1. The Morgan fingerprint density at radius 2 is 1.88 bits per heavy atom. The lowest BCUT2D eigenvalue weighted by molar-refractivity contribution is -0.132. The molecule has 1 atom stereocenters. The maximum atomic E-state index is 13.1. The van der Waals surface area contributed by atoms with Crippen molar-refractivity contribution < 1.29 is 9.59 Å². The molecule has 0 radical (unpaired) electrons. The van der Waals surface area contributed by atoms with Gasteiger partial charge in [0.25, 0.3) is 0 Å². The first-order valence-corrected chi connectivity index (χ1v) is 12.2. The van der Waals surface area contributed by atoms with Crippen molar-refractivity contribution in [3.05, 3.63) is 71.4 Å². The number of nitrogens with one attached hydrogen (secondary N) is 1. The van der Waals surface area contributed by atoms with E-state index < -0.39 is 12.1 Å². The Balaban J connectivity index is 1.94. The maximum absolute atomic E-state index is 13.1. The molecular weight excluding hydrogens is 434 g/mol. The lowest BCUT2D eigenvalue weighted by Crippen LogP contribution is -2.49. The highest BCUT2D eigenvalue weighted by molar-refractivity contribution is 7.98. The minimum Gasteiger partial charge on any atom is -0.352 e. The fourth-order valence-corrected chi connectivity index (χ4v) is 4.11. The van der Waals surface area contributed by atoms with Crippen LogP contribution in [0.2, 0.25) is 0 Å². The maximum Gasteiger partial charge on any atom is 0.312 e. The van der Waals surface area contributed by atoms with Crippen molar-refractivity contribution in [1.82, 2.24) is 20.0 Å². The van der Waals surface area contributed by atoms with Crippen molar-refractivity contribution in [2.45, 2.75) is 32.9 Å². The van der Waals surface area contributed by atoms with Gasteiger partial charge in [0.1, 0.15) is 6.04 Å². The summed E-state index contributed by atoms with van der Waals surface area (Å²) < 4.78 is 1.84. The fourth-order valence-electron chi connectivity index (χ4n) is 3.63. The summed E-state index contributed by atoms with van der Waals surface area (Å²) in [5.74, 6) is 0.561. The summed E-state index contributed by atoms with van der Waals surface area (Å²) >= 11 is 1.62. The molecule has 0 aliphatic rings. The predicted octanol–water partition coefficient (Wildman–Crippen LogP) is 3.90. The summed E-state index contributed by atoms with van der Waals surface area (Å²) in [6.07, 6.45) is 4.44. The van der Waals surface area contributed by atoms with Crippen LogP contribution in [0.3, 0.4) is 0 Å². The third kappa shape index (κ3) is 6.16. The van der Waals surface area contributed by atoms with Crippen LogP contribution in [0.15, 0.2) is 54.7 Å². The second kappa shape index (κ2) is 11.0. The zero-order chi connectivity index (χ0) is 24.0. The monoisotopic (exact) mass is 465 g/mol. The third-order valence-electron chi connectivity index (χ3n) is 5.60. The Kier molecular flexibility index (Phi) is 8.16. The van der Waals surface area contributed by atoms with Gasteiger partial charge in [-0.3, -0.25) is 4.79 Å². The zero-order valence-corrected chi connectivity index (χ0v) is 20.4. The molecule has 174 valence electrons. The van der Waals surface area contributed by atoms with E-state index in [1.165, 1.54) is 11.1 Å². The molecule has 8 heteroatoms. The Bertz CT molecular complexity index is 1110. The van der Waals surface area contributed by atoms with E-state index in [9.17, 15) is 9.59 Å². The fraction of sp³-hybridized carbons (Fsp3) is 0.320. The van der Waals surface area contributed by atoms with Crippen LogP contribution in [0.25, 0.3) is 16.9 Å². The number of nitrogens with zero attached hydrogens (tertiary/aromatic N) is 3. The topological polar surface area (TPSA) is 93.2 Å². The average molecular weight is 466 g/mol. The van der Waals surface area contributed by atoms with Crippen LogP contribution in [0.5, 0.6) is 0 Å². The normalized spacial score (nSPS) is 11.8. The average Bonchev–Trinajstić information content (AvgIpc) is 3.22. The van der Waals surface area contributed by atoms with Crippen molar-refractivity contribution in [3.63, 3.8) is 0 Å². The van der Waals surface area contributed by atoms with Gasteiger partial charge in [-0.2, -0.15) is 16.9 Å². The molecule has 3 N–H and O–H groups in total.